The highest BCUT2D eigenvalue weighted by Crippen LogP contribution is 2.26. The highest BCUT2D eigenvalue weighted by Gasteiger charge is 2.28. The van der Waals surface area contributed by atoms with Crippen LogP contribution in [0, 0.1) is 5.92 Å². The molecular weight excluding hydrogens is 266 g/mol. The van der Waals surface area contributed by atoms with Crippen LogP contribution in [0.2, 0.25) is 0 Å². The largest absolute Gasteiger partial charge is 0.383 e. The quantitative estimate of drug-likeness (QED) is 0.663. The monoisotopic (exact) mass is 295 g/mol. The zero-order chi connectivity index (χ0) is 15.1. The molecule has 0 radical (unpaired) electrons. The predicted octanol–water partition coefficient (Wildman–Crippen LogP) is 1.13. The number of nitrogens with one attached hydrogen (secondary N) is 1. The Balaban J connectivity index is 1.71. The van der Waals surface area contributed by atoms with Gasteiger partial charge in [-0.3, -0.25) is 9.58 Å². The van der Waals surface area contributed by atoms with Crippen LogP contribution in [0.3, 0.4) is 0 Å². The number of methoxy groups -OCH3 is 1. The van der Waals surface area contributed by atoms with Crippen LogP contribution in [-0.2, 0) is 17.8 Å². The summed E-state index contributed by atoms with van der Waals surface area (Å²) in [5.41, 5.74) is 1.02. The Morgan fingerprint density at radius 2 is 2.24 bits per heavy atom. The topological polar surface area (TPSA) is 55.2 Å². The molecule has 1 aromatic rings. The minimum atomic E-state index is 0.660. The molecule has 1 aliphatic carbocycles. The van der Waals surface area contributed by atoms with E-state index in [2.05, 4.69) is 40.6 Å². The number of hydrogen-bond acceptors (Lipinski definition) is 5. The number of ether oxygens (including phenoxy) is 1. The van der Waals surface area contributed by atoms with Gasteiger partial charge < -0.3 is 10.1 Å². The Bertz CT molecular complexity index is 403. The Morgan fingerprint density at radius 1 is 1.43 bits per heavy atom. The summed E-state index contributed by atoms with van der Waals surface area (Å²) in [5.74, 6) is 0.660. The van der Waals surface area contributed by atoms with E-state index in [1.165, 1.54) is 12.8 Å². The van der Waals surface area contributed by atoms with E-state index in [0.717, 1.165) is 51.1 Å². The van der Waals surface area contributed by atoms with E-state index in [4.69, 9.17) is 4.74 Å². The van der Waals surface area contributed by atoms with Gasteiger partial charge in [-0.25, -0.2) is 0 Å². The van der Waals surface area contributed by atoms with E-state index in [1.54, 1.807) is 7.11 Å². The molecule has 21 heavy (non-hydrogen) atoms. The fourth-order valence-corrected chi connectivity index (χ4v) is 2.37. The molecule has 1 saturated carbocycles. The van der Waals surface area contributed by atoms with E-state index < -0.39 is 0 Å². The molecule has 120 valence electrons. The molecule has 0 aromatic carbocycles. The minimum absolute atomic E-state index is 0.660. The minimum Gasteiger partial charge on any atom is -0.383 e. The second-order valence-corrected chi connectivity index (χ2v) is 6.26. The van der Waals surface area contributed by atoms with Crippen molar-refractivity contribution in [3.8, 4) is 0 Å². The van der Waals surface area contributed by atoms with Gasteiger partial charge in [-0.2, -0.15) is 0 Å². The van der Waals surface area contributed by atoms with E-state index in [-0.39, 0.29) is 0 Å². The first-order valence-corrected chi connectivity index (χ1v) is 8.01. The molecule has 2 rings (SSSR count). The normalized spacial score (nSPS) is 15.3. The summed E-state index contributed by atoms with van der Waals surface area (Å²) in [4.78, 5) is 2.50. The van der Waals surface area contributed by atoms with E-state index >= 15 is 0 Å². The third-order valence-electron chi connectivity index (χ3n) is 3.71. The van der Waals surface area contributed by atoms with Crippen molar-refractivity contribution in [3.05, 3.63) is 11.9 Å². The lowest BCUT2D eigenvalue weighted by molar-refractivity contribution is 0.140. The van der Waals surface area contributed by atoms with Crippen LogP contribution in [0.25, 0.3) is 0 Å². The van der Waals surface area contributed by atoms with Gasteiger partial charge in [0.15, 0.2) is 0 Å². The average molecular weight is 295 g/mol. The summed E-state index contributed by atoms with van der Waals surface area (Å²) in [7, 11) is 1.76. The summed E-state index contributed by atoms with van der Waals surface area (Å²) >= 11 is 0. The van der Waals surface area contributed by atoms with E-state index in [9.17, 15) is 0 Å². The van der Waals surface area contributed by atoms with Crippen molar-refractivity contribution in [1.82, 2.24) is 25.2 Å². The molecule has 1 aliphatic rings. The maximum absolute atomic E-state index is 5.19. The zero-order valence-electron chi connectivity index (χ0n) is 13.6. The molecule has 0 amide bonds. The van der Waals surface area contributed by atoms with Crippen LogP contribution < -0.4 is 5.32 Å². The second-order valence-electron chi connectivity index (χ2n) is 6.26. The molecule has 6 nitrogen and oxygen atoms in total. The van der Waals surface area contributed by atoms with Crippen LogP contribution in [0.1, 0.15) is 32.4 Å². The first-order chi connectivity index (χ1) is 10.2. The molecule has 0 saturated heterocycles. The lowest BCUT2D eigenvalue weighted by Gasteiger charge is -2.21. The Hall–Kier alpha value is -0.980. The number of aromatic nitrogens is 3. The molecule has 0 bridgehead atoms. The lowest BCUT2D eigenvalue weighted by atomic mass is 10.2. The Labute approximate surface area is 127 Å². The summed E-state index contributed by atoms with van der Waals surface area (Å²) < 4.78 is 7.14. The maximum Gasteiger partial charge on any atom is 0.0964 e. The van der Waals surface area contributed by atoms with Crippen LogP contribution in [0.15, 0.2) is 6.20 Å². The fourth-order valence-electron chi connectivity index (χ4n) is 2.37. The average Bonchev–Trinajstić information content (AvgIpc) is 3.19. The van der Waals surface area contributed by atoms with E-state index in [0.29, 0.717) is 5.92 Å². The van der Waals surface area contributed by atoms with Gasteiger partial charge in [-0.15, -0.1) is 5.10 Å². The van der Waals surface area contributed by atoms with Gasteiger partial charge >= 0.3 is 0 Å². The zero-order valence-corrected chi connectivity index (χ0v) is 13.6. The second kappa shape index (κ2) is 8.46. The van der Waals surface area contributed by atoms with Gasteiger partial charge in [0, 0.05) is 39.0 Å². The molecule has 1 heterocycles. The first-order valence-electron chi connectivity index (χ1n) is 8.01. The van der Waals surface area contributed by atoms with Gasteiger partial charge in [0.05, 0.1) is 18.8 Å². The highest BCUT2D eigenvalue weighted by molar-refractivity contribution is 4.92. The fraction of sp³-hybridized carbons (Fsp3) is 0.867. The number of nitrogens with zero attached hydrogens (tertiary/aromatic N) is 4. The van der Waals surface area contributed by atoms with Crippen molar-refractivity contribution in [2.75, 3.05) is 33.4 Å². The van der Waals surface area contributed by atoms with Gasteiger partial charge in [0.25, 0.3) is 0 Å². The van der Waals surface area contributed by atoms with Crippen molar-refractivity contribution in [1.29, 1.82) is 0 Å². The molecular formula is C15H29N5O. The van der Waals surface area contributed by atoms with Crippen LogP contribution >= 0.6 is 0 Å². The smallest absolute Gasteiger partial charge is 0.0964 e. The van der Waals surface area contributed by atoms with Gasteiger partial charge in [-0.1, -0.05) is 19.1 Å². The number of rotatable bonds is 11. The van der Waals surface area contributed by atoms with E-state index in [1.807, 2.05) is 4.68 Å². The van der Waals surface area contributed by atoms with Gasteiger partial charge in [0.2, 0.25) is 0 Å². The van der Waals surface area contributed by atoms with Crippen molar-refractivity contribution < 1.29 is 4.74 Å². The first kappa shape index (κ1) is 16.4. The summed E-state index contributed by atoms with van der Waals surface area (Å²) in [6.07, 6.45) is 4.70. The van der Waals surface area contributed by atoms with Gasteiger partial charge in [-0.05, 0) is 25.3 Å². The molecule has 1 N–H and O–H groups in total. The Kier molecular flexibility index (Phi) is 6.60. The SMILES string of the molecule is COCCN(CCn1cc(CNCC(C)C)nn1)C1CC1. The van der Waals surface area contributed by atoms with Crippen LogP contribution in [0.5, 0.6) is 0 Å². The molecule has 6 heteroatoms. The van der Waals surface area contributed by atoms with Crippen LogP contribution in [-0.4, -0.2) is 59.3 Å². The maximum atomic E-state index is 5.19. The Morgan fingerprint density at radius 3 is 2.90 bits per heavy atom. The third-order valence-corrected chi connectivity index (χ3v) is 3.71. The highest BCUT2D eigenvalue weighted by atomic mass is 16.5. The molecule has 0 unspecified atom stereocenters. The van der Waals surface area contributed by atoms with Crippen molar-refractivity contribution >= 4 is 0 Å². The van der Waals surface area contributed by atoms with Crippen molar-refractivity contribution in [2.24, 2.45) is 5.92 Å². The standard InChI is InChI=1S/C15H29N5O/c1-13(2)10-16-11-14-12-20(18-17-14)7-6-19(8-9-21-3)15-4-5-15/h12-13,15-16H,4-11H2,1-3H3. The molecule has 1 aromatic heterocycles. The summed E-state index contributed by atoms with van der Waals surface area (Å²) in [6.45, 7) is 9.96. The molecule has 0 atom stereocenters. The van der Waals surface area contributed by atoms with Crippen LogP contribution in [0.4, 0.5) is 0 Å². The van der Waals surface area contributed by atoms with Crippen molar-refractivity contribution in [3.63, 3.8) is 0 Å². The number of hydrogen-bond donors (Lipinski definition) is 1. The molecule has 0 spiro atoms. The lowest BCUT2D eigenvalue weighted by Crippen LogP contribution is -2.32. The predicted molar refractivity (Wildman–Crippen MR) is 83.0 cm³/mol. The summed E-state index contributed by atoms with van der Waals surface area (Å²) in [6, 6.07) is 0.760. The third kappa shape index (κ3) is 6.11. The summed E-state index contributed by atoms with van der Waals surface area (Å²) in [5, 5.41) is 11.8. The molecule has 0 aliphatic heterocycles. The molecule has 1 fully saturated rings. The van der Waals surface area contributed by atoms with Gasteiger partial charge in [0.1, 0.15) is 0 Å². The van der Waals surface area contributed by atoms with Crippen molar-refractivity contribution in [2.45, 2.75) is 45.8 Å².